The molecule has 0 unspecified atom stereocenters. The van der Waals surface area contributed by atoms with Crippen molar-refractivity contribution in [3.8, 4) is 0 Å². The fourth-order valence-corrected chi connectivity index (χ4v) is 1.34. The molecule has 92 valence electrons. The molecule has 0 aliphatic heterocycles. The van der Waals surface area contributed by atoms with Gasteiger partial charge in [-0.3, -0.25) is 9.78 Å². The molecule has 1 aromatic carbocycles. The molecule has 0 bridgehead atoms. The normalized spacial score (nSPS) is 10.0. The maximum absolute atomic E-state index is 11.0. The molecule has 1 aromatic heterocycles. The quantitative estimate of drug-likeness (QED) is 0.725. The predicted octanol–water partition coefficient (Wildman–Crippen LogP) is -0.860. The first-order valence-electron chi connectivity index (χ1n) is 5.11. The van der Waals surface area contributed by atoms with Gasteiger partial charge in [0.1, 0.15) is 6.20 Å². The zero-order valence-electron chi connectivity index (χ0n) is 9.21. The lowest BCUT2D eigenvalue weighted by molar-refractivity contribution is -0.255. The van der Waals surface area contributed by atoms with Crippen LogP contribution in [0.25, 0.3) is 0 Å². The van der Waals surface area contributed by atoms with Crippen LogP contribution >= 0.6 is 0 Å². The topological polar surface area (TPSA) is 111 Å². The van der Waals surface area contributed by atoms with E-state index in [1.165, 1.54) is 12.1 Å². The van der Waals surface area contributed by atoms with Crippen molar-refractivity contribution in [2.24, 2.45) is 0 Å². The number of carbonyl (C=O) groups is 1. The van der Waals surface area contributed by atoms with Crippen LogP contribution < -0.4 is 16.0 Å². The number of aromatic nitrogens is 3. The van der Waals surface area contributed by atoms with Crippen LogP contribution in [0.15, 0.2) is 35.3 Å². The summed E-state index contributed by atoms with van der Waals surface area (Å²) in [5, 5.41) is 20.6. The maximum atomic E-state index is 11.0. The standard InChI is InChI=1S/C11H10N4O3/c16-9-6-13-15-11(14-9)12-5-7-1-3-8(4-2-7)10(17)18/h1-4,6H,5H2,(H,17,18)(H2,12,14,15,16)/p-1. The van der Waals surface area contributed by atoms with Crippen LogP contribution in [0.5, 0.6) is 0 Å². The van der Waals surface area contributed by atoms with E-state index in [2.05, 4.69) is 20.5 Å². The molecule has 0 aliphatic carbocycles. The van der Waals surface area contributed by atoms with Gasteiger partial charge in [-0.1, -0.05) is 24.3 Å². The summed E-state index contributed by atoms with van der Waals surface area (Å²) < 4.78 is 0. The predicted molar refractivity (Wildman–Crippen MR) is 60.8 cm³/mol. The number of carbonyl (C=O) groups excluding carboxylic acids is 1. The Morgan fingerprint density at radius 2 is 2.06 bits per heavy atom. The van der Waals surface area contributed by atoms with Crippen LogP contribution in [0, 0.1) is 0 Å². The van der Waals surface area contributed by atoms with E-state index < -0.39 is 5.97 Å². The molecule has 0 radical (unpaired) electrons. The van der Waals surface area contributed by atoms with Gasteiger partial charge >= 0.3 is 0 Å². The Kier molecular flexibility index (Phi) is 3.33. The van der Waals surface area contributed by atoms with Crippen molar-refractivity contribution in [2.45, 2.75) is 6.54 Å². The van der Waals surface area contributed by atoms with Crippen molar-refractivity contribution in [3.63, 3.8) is 0 Å². The average molecular weight is 245 g/mol. The molecule has 2 rings (SSSR count). The van der Waals surface area contributed by atoms with E-state index in [-0.39, 0.29) is 17.1 Å². The molecule has 0 saturated carbocycles. The molecule has 0 fully saturated rings. The molecule has 0 amide bonds. The van der Waals surface area contributed by atoms with Gasteiger partial charge in [-0.15, -0.1) is 10.2 Å². The van der Waals surface area contributed by atoms with Crippen LogP contribution in [-0.4, -0.2) is 21.2 Å². The van der Waals surface area contributed by atoms with Crippen LogP contribution in [0.4, 0.5) is 5.95 Å². The second-order valence-corrected chi connectivity index (χ2v) is 3.52. The highest BCUT2D eigenvalue weighted by Crippen LogP contribution is 2.05. The molecule has 2 N–H and O–H groups in total. The molecule has 0 atom stereocenters. The largest absolute Gasteiger partial charge is 0.545 e. The van der Waals surface area contributed by atoms with Crippen molar-refractivity contribution in [1.29, 1.82) is 0 Å². The first-order valence-corrected chi connectivity index (χ1v) is 5.11. The second-order valence-electron chi connectivity index (χ2n) is 3.52. The second kappa shape index (κ2) is 5.09. The molecular formula is C11H9N4O3-. The number of benzene rings is 1. The van der Waals surface area contributed by atoms with Gasteiger partial charge in [-0.2, -0.15) is 0 Å². The van der Waals surface area contributed by atoms with Crippen molar-refractivity contribution < 1.29 is 9.90 Å². The molecule has 2 aromatic rings. The Morgan fingerprint density at radius 1 is 1.33 bits per heavy atom. The van der Waals surface area contributed by atoms with Crippen LogP contribution in [0.1, 0.15) is 15.9 Å². The minimum absolute atomic E-state index is 0.117. The zero-order chi connectivity index (χ0) is 13.0. The van der Waals surface area contributed by atoms with Gasteiger partial charge in [0.25, 0.3) is 5.56 Å². The lowest BCUT2D eigenvalue weighted by atomic mass is 10.1. The van der Waals surface area contributed by atoms with Crippen LogP contribution in [0.2, 0.25) is 0 Å². The minimum atomic E-state index is -1.22. The minimum Gasteiger partial charge on any atom is -0.545 e. The van der Waals surface area contributed by atoms with Crippen LogP contribution in [0.3, 0.4) is 0 Å². The van der Waals surface area contributed by atoms with Gasteiger partial charge in [-0.05, 0) is 11.1 Å². The first-order chi connectivity index (χ1) is 8.65. The van der Waals surface area contributed by atoms with Gasteiger partial charge in [-0.25, -0.2) is 0 Å². The number of hydrogen-bond acceptors (Lipinski definition) is 6. The van der Waals surface area contributed by atoms with Crippen molar-refractivity contribution in [2.75, 3.05) is 5.32 Å². The maximum Gasteiger partial charge on any atom is 0.271 e. The molecule has 1 heterocycles. The van der Waals surface area contributed by atoms with E-state index in [1.807, 2.05) is 0 Å². The van der Waals surface area contributed by atoms with Gasteiger partial charge in [0.2, 0.25) is 5.95 Å². The molecule has 0 aliphatic rings. The van der Waals surface area contributed by atoms with E-state index in [1.54, 1.807) is 12.1 Å². The highest BCUT2D eigenvalue weighted by Gasteiger charge is 1.98. The first kappa shape index (κ1) is 11.8. The zero-order valence-corrected chi connectivity index (χ0v) is 9.21. The van der Waals surface area contributed by atoms with Crippen LogP contribution in [-0.2, 0) is 6.54 Å². The molecule has 7 nitrogen and oxygen atoms in total. The summed E-state index contributed by atoms with van der Waals surface area (Å²) in [5.41, 5.74) is 0.609. The third-order valence-electron chi connectivity index (χ3n) is 2.22. The van der Waals surface area contributed by atoms with E-state index >= 15 is 0 Å². The van der Waals surface area contributed by atoms with E-state index in [4.69, 9.17) is 0 Å². The Bertz CT molecular complexity index is 606. The summed E-state index contributed by atoms with van der Waals surface area (Å²) >= 11 is 0. The Balaban J connectivity index is 2.02. The van der Waals surface area contributed by atoms with E-state index in [0.717, 1.165) is 11.8 Å². The van der Waals surface area contributed by atoms with Crippen molar-refractivity contribution in [1.82, 2.24) is 15.2 Å². The van der Waals surface area contributed by atoms with E-state index in [0.29, 0.717) is 6.54 Å². The number of aromatic carboxylic acids is 1. The fourth-order valence-electron chi connectivity index (χ4n) is 1.34. The van der Waals surface area contributed by atoms with Gasteiger partial charge in [0, 0.05) is 6.54 Å². The number of nitrogens with one attached hydrogen (secondary N) is 2. The number of H-pyrrole nitrogens is 1. The smallest absolute Gasteiger partial charge is 0.271 e. The molecular weight excluding hydrogens is 236 g/mol. The molecule has 18 heavy (non-hydrogen) atoms. The van der Waals surface area contributed by atoms with E-state index in [9.17, 15) is 14.7 Å². The average Bonchev–Trinajstić information content (AvgIpc) is 2.37. The summed E-state index contributed by atoms with van der Waals surface area (Å²) in [4.78, 5) is 24.0. The number of carboxylic acid groups (broad SMARTS) is 1. The van der Waals surface area contributed by atoms with Crippen molar-refractivity contribution in [3.05, 3.63) is 51.9 Å². The number of carboxylic acids is 1. The Hall–Kier alpha value is -2.70. The Morgan fingerprint density at radius 3 is 2.67 bits per heavy atom. The fraction of sp³-hybridized carbons (Fsp3) is 0.0909. The SMILES string of the molecule is O=C([O-])c1ccc(CNc2nncc(=O)[nH]2)cc1. The van der Waals surface area contributed by atoms with Gasteiger partial charge in [0.15, 0.2) is 0 Å². The summed E-state index contributed by atoms with van der Waals surface area (Å²) in [6.45, 7) is 0.391. The lowest BCUT2D eigenvalue weighted by Gasteiger charge is -2.06. The summed E-state index contributed by atoms with van der Waals surface area (Å²) in [5.74, 6) is -0.959. The summed E-state index contributed by atoms with van der Waals surface area (Å²) in [7, 11) is 0. The summed E-state index contributed by atoms with van der Waals surface area (Å²) in [6.07, 6.45) is 1.07. The molecule has 0 saturated heterocycles. The van der Waals surface area contributed by atoms with Crippen molar-refractivity contribution >= 4 is 11.9 Å². The molecule has 0 spiro atoms. The number of rotatable bonds is 4. The highest BCUT2D eigenvalue weighted by molar-refractivity contribution is 5.85. The number of aromatic amines is 1. The monoisotopic (exact) mass is 245 g/mol. The third kappa shape index (κ3) is 2.91. The highest BCUT2D eigenvalue weighted by atomic mass is 16.4. The lowest BCUT2D eigenvalue weighted by Crippen LogP contribution is -2.22. The number of nitrogens with zero attached hydrogens (tertiary/aromatic N) is 2. The third-order valence-corrected chi connectivity index (χ3v) is 2.22. The van der Waals surface area contributed by atoms with Gasteiger partial charge < -0.3 is 15.2 Å². The molecule has 7 heteroatoms. The summed E-state index contributed by atoms with van der Waals surface area (Å²) in [6, 6.07) is 6.19. The Labute approximate surface area is 102 Å². The number of hydrogen-bond donors (Lipinski definition) is 2. The van der Waals surface area contributed by atoms with Gasteiger partial charge in [0.05, 0.1) is 5.97 Å². The number of anilines is 1.